The van der Waals surface area contributed by atoms with E-state index in [-0.39, 0.29) is 11.6 Å². The molecule has 4 aromatic heterocycles. The fourth-order valence-electron chi connectivity index (χ4n) is 5.82. The number of hydrogen-bond acceptors (Lipinski definition) is 6. The molecule has 0 radical (unpaired) electrons. The van der Waals surface area contributed by atoms with Gasteiger partial charge in [-0.15, -0.1) is 0 Å². The summed E-state index contributed by atoms with van der Waals surface area (Å²) in [4.78, 5) is 28.5. The van der Waals surface area contributed by atoms with E-state index in [2.05, 4.69) is 52.1 Å². The van der Waals surface area contributed by atoms with Gasteiger partial charge in [0, 0.05) is 105 Å². The second-order valence-corrected chi connectivity index (χ2v) is 11.1. The van der Waals surface area contributed by atoms with Crippen LogP contribution in [0.15, 0.2) is 54.2 Å². The van der Waals surface area contributed by atoms with E-state index in [1.54, 1.807) is 11.7 Å². The minimum Gasteiger partial charge on any atom is -0.353 e. The predicted molar refractivity (Wildman–Crippen MR) is 153 cm³/mol. The molecule has 4 aromatic rings. The maximum Gasteiger partial charge on any atom is 0.320 e. The highest BCUT2D eigenvalue weighted by molar-refractivity contribution is 5.97. The number of carbonyl (C=O) groups is 1. The van der Waals surface area contributed by atoms with Gasteiger partial charge in [0.1, 0.15) is 5.82 Å². The Bertz CT molecular complexity index is 1520. The third-order valence-corrected chi connectivity index (χ3v) is 8.01. The number of rotatable bonds is 4. The number of nitrogens with zero attached hydrogens (tertiary/aromatic N) is 9. The Hall–Kier alpha value is -4.21. The van der Waals surface area contributed by atoms with E-state index in [4.69, 9.17) is 4.98 Å². The van der Waals surface area contributed by atoms with Gasteiger partial charge < -0.3 is 14.7 Å². The van der Waals surface area contributed by atoms with Gasteiger partial charge in [-0.05, 0) is 44.9 Å². The summed E-state index contributed by atoms with van der Waals surface area (Å²) in [5.41, 5.74) is 5.98. The molecule has 2 aliphatic heterocycles. The van der Waals surface area contributed by atoms with Gasteiger partial charge in [-0.3, -0.25) is 9.67 Å². The van der Waals surface area contributed by atoms with E-state index in [0.717, 1.165) is 71.6 Å². The van der Waals surface area contributed by atoms with Crippen molar-refractivity contribution in [3.05, 3.63) is 54.7 Å². The van der Waals surface area contributed by atoms with Crippen LogP contribution in [0.4, 0.5) is 10.6 Å². The number of hydrogen-bond donors (Lipinski definition) is 0. The lowest BCUT2D eigenvalue weighted by atomic mass is 10.0. The second kappa shape index (κ2) is 9.83. The molecule has 2 aliphatic rings. The zero-order chi connectivity index (χ0) is 27.1. The molecule has 0 aromatic carbocycles. The monoisotopic (exact) mass is 525 g/mol. The first kappa shape index (κ1) is 25.1. The van der Waals surface area contributed by atoms with Crippen molar-refractivity contribution in [2.45, 2.75) is 32.2 Å². The number of urea groups is 1. The Morgan fingerprint density at radius 1 is 0.974 bits per heavy atom. The maximum absolute atomic E-state index is 13.1. The zero-order valence-electron chi connectivity index (χ0n) is 23.1. The molecule has 0 aliphatic carbocycles. The number of anilines is 1. The van der Waals surface area contributed by atoms with Gasteiger partial charge >= 0.3 is 6.03 Å². The Kier molecular flexibility index (Phi) is 6.32. The van der Waals surface area contributed by atoms with E-state index in [1.165, 1.54) is 0 Å². The number of aryl methyl sites for hydroxylation is 1. The molecular weight excluding hydrogens is 490 g/mol. The molecule has 10 nitrogen and oxygen atoms in total. The molecule has 6 heterocycles. The number of amides is 2. The first-order valence-corrected chi connectivity index (χ1v) is 13.5. The third kappa shape index (κ3) is 4.64. The van der Waals surface area contributed by atoms with Crippen LogP contribution in [0.3, 0.4) is 0 Å². The van der Waals surface area contributed by atoms with Crippen molar-refractivity contribution in [2.75, 3.05) is 44.7 Å². The highest BCUT2D eigenvalue weighted by Crippen LogP contribution is 2.33. The number of fused-ring (bicyclic) bond motifs is 1. The fourth-order valence-corrected chi connectivity index (χ4v) is 5.82. The summed E-state index contributed by atoms with van der Waals surface area (Å²) in [6.45, 7) is 8.15. The molecule has 0 unspecified atom stereocenters. The smallest absolute Gasteiger partial charge is 0.320 e. The lowest BCUT2D eigenvalue weighted by molar-refractivity contribution is 0.123. The lowest BCUT2D eigenvalue weighted by Gasteiger charge is -2.40. The second-order valence-electron chi connectivity index (χ2n) is 11.1. The zero-order valence-corrected chi connectivity index (χ0v) is 23.1. The quantitative estimate of drug-likeness (QED) is 0.377. The molecule has 202 valence electrons. The summed E-state index contributed by atoms with van der Waals surface area (Å²) in [5, 5.41) is 8.94. The van der Waals surface area contributed by atoms with Crippen LogP contribution in [0.1, 0.15) is 32.3 Å². The van der Waals surface area contributed by atoms with Gasteiger partial charge in [-0.2, -0.15) is 10.2 Å². The molecule has 10 heteroatoms. The lowest BCUT2D eigenvalue weighted by Crippen LogP contribution is -2.55. The van der Waals surface area contributed by atoms with Gasteiger partial charge in [-0.25, -0.2) is 14.3 Å². The third-order valence-electron chi connectivity index (χ3n) is 8.01. The maximum atomic E-state index is 13.1. The van der Waals surface area contributed by atoms with Crippen LogP contribution in [0.25, 0.3) is 27.8 Å². The van der Waals surface area contributed by atoms with Crippen molar-refractivity contribution in [1.29, 1.82) is 0 Å². The number of pyridine rings is 2. The Balaban J connectivity index is 1.24. The van der Waals surface area contributed by atoms with Crippen LogP contribution >= 0.6 is 0 Å². The molecule has 0 atom stereocenters. The van der Waals surface area contributed by atoms with Crippen LogP contribution in [0.2, 0.25) is 0 Å². The fraction of sp³-hybridized carbons (Fsp3) is 0.414. The molecule has 0 bridgehead atoms. The highest BCUT2D eigenvalue weighted by Gasteiger charge is 2.38. The van der Waals surface area contributed by atoms with Crippen LogP contribution in [-0.2, 0) is 7.05 Å². The average Bonchev–Trinajstić information content (AvgIpc) is 3.66. The molecule has 0 saturated carbocycles. The topological polar surface area (TPSA) is 87.2 Å². The van der Waals surface area contributed by atoms with Crippen molar-refractivity contribution < 1.29 is 4.79 Å². The Morgan fingerprint density at radius 2 is 1.79 bits per heavy atom. The van der Waals surface area contributed by atoms with Crippen LogP contribution < -0.4 is 4.90 Å². The molecule has 0 N–H and O–H groups in total. The molecule has 2 amide bonds. The van der Waals surface area contributed by atoms with Gasteiger partial charge in [0.05, 0.1) is 17.9 Å². The van der Waals surface area contributed by atoms with Gasteiger partial charge in [0.15, 0.2) is 0 Å². The predicted octanol–water partition coefficient (Wildman–Crippen LogP) is 3.96. The summed E-state index contributed by atoms with van der Waals surface area (Å²) in [5.74, 6) is 0.927. The normalized spacial score (nSPS) is 17.6. The number of likely N-dealkylation sites (tertiary alicyclic amines) is 1. The van der Waals surface area contributed by atoms with Gasteiger partial charge in [0.25, 0.3) is 0 Å². The molecule has 2 fully saturated rings. The molecular formula is C29H35N9O. The van der Waals surface area contributed by atoms with Crippen LogP contribution in [-0.4, -0.2) is 91.7 Å². The van der Waals surface area contributed by atoms with Gasteiger partial charge in [-0.1, -0.05) is 0 Å². The molecule has 2 saturated heterocycles. The van der Waals surface area contributed by atoms with E-state index >= 15 is 0 Å². The molecule has 39 heavy (non-hydrogen) atoms. The largest absolute Gasteiger partial charge is 0.353 e. The van der Waals surface area contributed by atoms with Crippen molar-refractivity contribution in [2.24, 2.45) is 12.0 Å². The standard InChI is InChI=1S/C29H35N9O/c1-29(2)8-5-9-37(29)28(39)36-12-10-35(11-13-36)26-7-6-21(16-31-26)25-14-22(24-18-32-34(4)19-24)20-38-27(25)23(15-30-3)17-33-38/h6-7,14-20H,5,8-13H2,1-4H3. The number of aromatic nitrogens is 5. The summed E-state index contributed by atoms with van der Waals surface area (Å²) >= 11 is 0. The van der Waals surface area contributed by atoms with E-state index in [1.807, 2.05) is 58.6 Å². The van der Waals surface area contributed by atoms with E-state index in [0.29, 0.717) is 13.1 Å². The summed E-state index contributed by atoms with van der Waals surface area (Å²) in [6, 6.07) is 6.54. The van der Waals surface area contributed by atoms with E-state index in [9.17, 15) is 4.79 Å². The van der Waals surface area contributed by atoms with Gasteiger partial charge in [0.2, 0.25) is 0 Å². The number of carbonyl (C=O) groups excluding carboxylic acids is 1. The summed E-state index contributed by atoms with van der Waals surface area (Å²) < 4.78 is 3.70. The highest BCUT2D eigenvalue weighted by atomic mass is 16.2. The minimum atomic E-state index is -0.0519. The first-order chi connectivity index (χ1) is 18.8. The number of aliphatic imine (C=N–C) groups is 1. The SMILES string of the molecule is CN=Cc1cnn2cc(-c3cnn(C)c3)cc(-c3ccc(N4CCN(C(=O)N5CCCC5(C)C)CC4)nc3)c12. The van der Waals surface area contributed by atoms with Crippen molar-refractivity contribution >= 4 is 23.6 Å². The van der Waals surface area contributed by atoms with Crippen molar-refractivity contribution in [3.8, 4) is 22.3 Å². The van der Waals surface area contributed by atoms with Crippen molar-refractivity contribution in [1.82, 2.24) is 34.2 Å². The molecule has 6 rings (SSSR count). The van der Waals surface area contributed by atoms with E-state index < -0.39 is 0 Å². The summed E-state index contributed by atoms with van der Waals surface area (Å²) in [6.07, 6.45) is 13.6. The Labute approximate surface area is 228 Å². The average molecular weight is 526 g/mol. The minimum absolute atomic E-state index is 0.0519. The first-order valence-electron chi connectivity index (χ1n) is 13.5. The Morgan fingerprint density at radius 3 is 2.44 bits per heavy atom. The van der Waals surface area contributed by atoms with Crippen LogP contribution in [0.5, 0.6) is 0 Å². The number of piperazine rings is 1. The van der Waals surface area contributed by atoms with Crippen molar-refractivity contribution in [3.63, 3.8) is 0 Å². The van der Waals surface area contributed by atoms with Crippen LogP contribution in [0, 0.1) is 0 Å². The molecule has 0 spiro atoms. The summed E-state index contributed by atoms with van der Waals surface area (Å²) in [7, 11) is 3.68.